The van der Waals surface area contributed by atoms with Gasteiger partial charge in [0.2, 0.25) is 23.3 Å². The molecule has 0 unspecified atom stereocenters. The van der Waals surface area contributed by atoms with Gasteiger partial charge in [0, 0.05) is 19.2 Å². The summed E-state index contributed by atoms with van der Waals surface area (Å²) in [6.45, 7) is 2.44. The number of nitrogens with two attached hydrogens (primary N) is 1. The highest BCUT2D eigenvalue weighted by atomic mass is 19.4. The van der Waals surface area contributed by atoms with E-state index >= 15 is 0 Å². The summed E-state index contributed by atoms with van der Waals surface area (Å²) in [5, 5.41) is 4.24. The van der Waals surface area contributed by atoms with Crippen molar-refractivity contribution in [3.63, 3.8) is 0 Å². The number of primary amides is 1. The molecule has 12 nitrogen and oxygen atoms in total. The molecule has 1 aromatic heterocycles. The molecule has 1 saturated carbocycles. The number of halogens is 3. The summed E-state index contributed by atoms with van der Waals surface area (Å²) in [4.78, 5) is 70.0. The van der Waals surface area contributed by atoms with Crippen molar-refractivity contribution in [3.8, 4) is 5.75 Å². The zero-order valence-electron chi connectivity index (χ0n) is 21.5. The normalized spacial score (nSPS) is 23.8. The third-order valence-electron chi connectivity index (χ3n) is 7.21. The van der Waals surface area contributed by atoms with Gasteiger partial charge in [-0.25, -0.2) is 4.98 Å². The molecular weight excluding hydrogens is 525 g/mol. The van der Waals surface area contributed by atoms with E-state index in [-0.39, 0.29) is 36.9 Å². The summed E-state index contributed by atoms with van der Waals surface area (Å²) in [5.74, 6) is -4.94. The van der Waals surface area contributed by atoms with Crippen LogP contribution in [0.25, 0.3) is 0 Å². The molecule has 0 bridgehead atoms. The Balaban J connectivity index is 1.58. The lowest BCUT2D eigenvalue weighted by molar-refractivity contribution is -0.175. The molecule has 212 valence electrons. The monoisotopic (exact) mass is 554 g/mol. The summed E-state index contributed by atoms with van der Waals surface area (Å²) in [6.07, 6.45) is -3.70. The van der Waals surface area contributed by atoms with Gasteiger partial charge < -0.3 is 30.9 Å². The third-order valence-corrected chi connectivity index (χ3v) is 7.21. The molecule has 5 amide bonds. The van der Waals surface area contributed by atoms with Crippen LogP contribution in [0.2, 0.25) is 0 Å². The Morgan fingerprint density at radius 2 is 1.97 bits per heavy atom. The Morgan fingerprint density at radius 3 is 2.56 bits per heavy atom. The standard InChI is InChI=1S/C24H29F3N6O6/c1-11-4-7-16-18(29-11)31-21(37)23(39-16)9-15(17(28)34)33(10-23)20(36)14(8-13-5-6-13)32(3)19(35)12(2)30-22(38)24(25,26)27/h4,7,12-15H,5-6,8-10H2,1-3H3,(H2,28,34)(H,30,38)(H,29,31,37)/t12-,14-,15-,23+/m0/s1. The predicted octanol–water partition coefficient (Wildman–Crippen LogP) is 0.240. The second-order valence-corrected chi connectivity index (χ2v) is 10.3. The second kappa shape index (κ2) is 10.0. The van der Waals surface area contributed by atoms with Crippen molar-refractivity contribution in [1.29, 1.82) is 0 Å². The number of likely N-dealkylation sites (N-methyl/N-ethyl adjacent to an activating group) is 1. The van der Waals surface area contributed by atoms with Crippen LogP contribution < -0.4 is 21.1 Å². The molecular formula is C24H29F3N6O6. The number of hydrogen-bond acceptors (Lipinski definition) is 7. The van der Waals surface area contributed by atoms with Crippen LogP contribution in [0.15, 0.2) is 12.1 Å². The van der Waals surface area contributed by atoms with Crippen LogP contribution in [0.1, 0.15) is 38.3 Å². The van der Waals surface area contributed by atoms with Crippen LogP contribution >= 0.6 is 0 Å². The third kappa shape index (κ3) is 5.61. The number of anilines is 1. The molecule has 39 heavy (non-hydrogen) atoms. The molecule has 4 rings (SSSR count). The molecule has 2 fully saturated rings. The number of nitrogens with zero attached hydrogens (tertiary/aromatic N) is 3. The van der Waals surface area contributed by atoms with Crippen LogP contribution in [0, 0.1) is 12.8 Å². The molecule has 2 aliphatic heterocycles. The van der Waals surface area contributed by atoms with Crippen molar-refractivity contribution in [2.75, 3.05) is 18.9 Å². The number of carbonyl (C=O) groups excluding carboxylic acids is 5. The number of aryl methyl sites for hydroxylation is 1. The quantitative estimate of drug-likeness (QED) is 0.435. The van der Waals surface area contributed by atoms with E-state index in [1.54, 1.807) is 24.4 Å². The smallest absolute Gasteiger partial charge is 0.471 e. The number of rotatable bonds is 7. The van der Waals surface area contributed by atoms with Gasteiger partial charge in [0.1, 0.15) is 18.1 Å². The maximum Gasteiger partial charge on any atom is 0.471 e. The number of fused-ring (bicyclic) bond motifs is 1. The lowest BCUT2D eigenvalue weighted by Gasteiger charge is -2.35. The van der Waals surface area contributed by atoms with Crippen molar-refractivity contribution in [2.45, 2.75) is 69.4 Å². The van der Waals surface area contributed by atoms with Crippen molar-refractivity contribution < 1.29 is 41.9 Å². The molecule has 1 saturated heterocycles. The van der Waals surface area contributed by atoms with Crippen molar-refractivity contribution in [1.82, 2.24) is 20.1 Å². The fraction of sp³-hybridized carbons (Fsp3) is 0.583. The number of likely N-dealkylation sites (tertiary alicyclic amines) is 1. The summed E-state index contributed by atoms with van der Waals surface area (Å²) in [6, 6.07) is -0.762. The molecule has 0 aromatic carbocycles. The van der Waals surface area contributed by atoms with Crippen molar-refractivity contribution in [3.05, 3.63) is 17.8 Å². The van der Waals surface area contributed by atoms with Crippen LogP contribution in [0.5, 0.6) is 5.75 Å². The molecule has 15 heteroatoms. The number of nitrogens with one attached hydrogen (secondary N) is 2. The minimum Gasteiger partial charge on any atom is -0.472 e. The molecule has 1 aliphatic carbocycles. The van der Waals surface area contributed by atoms with Gasteiger partial charge >= 0.3 is 12.1 Å². The first-order valence-electron chi connectivity index (χ1n) is 12.3. The van der Waals surface area contributed by atoms with Crippen LogP contribution in [0.4, 0.5) is 19.0 Å². The van der Waals surface area contributed by atoms with Gasteiger partial charge in [-0.1, -0.05) is 12.8 Å². The number of hydrogen-bond donors (Lipinski definition) is 3. The van der Waals surface area contributed by atoms with E-state index < -0.39 is 59.4 Å². The van der Waals surface area contributed by atoms with Gasteiger partial charge in [-0.2, -0.15) is 13.2 Å². The lowest BCUT2D eigenvalue weighted by atomic mass is 9.97. The van der Waals surface area contributed by atoms with Gasteiger partial charge in [0.25, 0.3) is 5.91 Å². The fourth-order valence-corrected chi connectivity index (χ4v) is 4.88. The summed E-state index contributed by atoms with van der Waals surface area (Å²) in [7, 11) is 1.24. The molecule has 1 aromatic rings. The lowest BCUT2D eigenvalue weighted by Crippen LogP contribution is -2.58. The molecule has 3 aliphatic rings. The Hall–Kier alpha value is -3.91. The number of ether oxygens (including phenoxy) is 1. The van der Waals surface area contributed by atoms with Crippen LogP contribution in [-0.4, -0.2) is 87.8 Å². The first-order chi connectivity index (χ1) is 18.1. The van der Waals surface area contributed by atoms with E-state index in [1.165, 1.54) is 7.05 Å². The van der Waals surface area contributed by atoms with E-state index in [1.807, 2.05) is 0 Å². The van der Waals surface area contributed by atoms with E-state index in [0.29, 0.717) is 5.69 Å². The number of alkyl halides is 3. The first kappa shape index (κ1) is 28.1. The number of amides is 5. The molecule has 4 N–H and O–H groups in total. The topological polar surface area (TPSA) is 164 Å². The largest absolute Gasteiger partial charge is 0.472 e. The van der Waals surface area contributed by atoms with Crippen LogP contribution in [-0.2, 0) is 24.0 Å². The van der Waals surface area contributed by atoms with Gasteiger partial charge in [0.15, 0.2) is 11.6 Å². The molecule has 1 spiro atoms. The maximum absolute atomic E-state index is 13.9. The molecule has 4 atom stereocenters. The predicted molar refractivity (Wildman–Crippen MR) is 128 cm³/mol. The van der Waals surface area contributed by atoms with Gasteiger partial charge in [-0.3, -0.25) is 24.0 Å². The Labute approximate surface area is 221 Å². The van der Waals surface area contributed by atoms with Crippen molar-refractivity contribution >= 4 is 35.4 Å². The average Bonchev–Trinajstić information content (AvgIpc) is 3.59. The van der Waals surface area contributed by atoms with Crippen LogP contribution in [0.3, 0.4) is 0 Å². The zero-order chi connectivity index (χ0) is 28.9. The summed E-state index contributed by atoms with van der Waals surface area (Å²) in [5.41, 5.74) is 4.58. The zero-order valence-corrected chi connectivity index (χ0v) is 21.5. The summed E-state index contributed by atoms with van der Waals surface area (Å²) < 4.78 is 44.1. The first-order valence-corrected chi connectivity index (χ1v) is 12.3. The van der Waals surface area contributed by atoms with Gasteiger partial charge in [-0.05, 0) is 38.3 Å². The highest BCUT2D eigenvalue weighted by Crippen LogP contribution is 2.41. The minimum atomic E-state index is -5.19. The van der Waals surface area contributed by atoms with Gasteiger partial charge in [0.05, 0.1) is 6.54 Å². The molecule has 3 heterocycles. The maximum atomic E-state index is 13.9. The fourth-order valence-electron chi connectivity index (χ4n) is 4.88. The average molecular weight is 555 g/mol. The Bertz CT molecular complexity index is 1220. The SMILES string of the molecule is Cc1ccc2c(n1)NC(=O)[C@]1(C[C@@H](C(N)=O)N(C(=O)[C@H](CC3CC3)N(C)C(=O)[C@H](C)NC(=O)C(F)(F)F)C1)O2. The molecule has 0 radical (unpaired) electrons. The van der Waals surface area contributed by atoms with E-state index in [4.69, 9.17) is 10.5 Å². The van der Waals surface area contributed by atoms with E-state index in [2.05, 4.69) is 10.3 Å². The Morgan fingerprint density at radius 1 is 1.31 bits per heavy atom. The number of pyridine rings is 1. The summed E-state index contributed by atoms with van der Waals surface area (Å²) >= 11 is 0. The van der Waals surface area contributed by atoms with Gasteiger partial charge in [-0.15, -0.1) is 0 Å². The second-order valence-electron chi connectivity index (χ2n) is 10.3. The van der Waals surface area contributed by atoms with E-state index in [9.17, 15) is 37.1 Å². The Kier molecular flexibility index (Phi) is 7.21. The highest BCUT2D eigenvalue weighted by Gasteiger charge is 2.58. The number of aromatic nitrogens is 1. The number of carbonyl (C=O) groups is 5. The highest BCUT2D eigenvalue weighted by molar-refractivity contribution is 6.03. The van der Waals surface area contributed by atoms with E-state index in [0.717, 1.165) is 29.6 Å². The van der Waals surface area contributed by atoms with Crippen molar-refractivity contribution in [2.24, 2.45) is 11.7 Å². The minimum absolute atomic E-state index is 0.0771.